The monoisotopic (exact) mass is 453 g/mol. The number of amides is 1. The smallest absolute Gasteiger partial charge is 0.337 e. The topological polar surface area (TPSA) is 72.7 Å². The molecule has 29 heavy (non-hydrogen) atoms. The quantitative estimate of drug-likeness (QED) is 0.353. The number of nitrogens with one attached hydrogen (secondary N) is 1. The summed E-state index contributed by atoms with van der Waals surface area (Å²) < 4.78 is 7.62. The summed E-state index contributed by atoms with van der Waals surface area (Å²) >= 11 is 3.35. The SMILES string of the molecule is COC(=O)c1ccc(-n2c(C)cc(C=NNC(=O)c3cccc(Br)c3)c2C)cc1. The summed E-state index contributed by atoms with van der Waals surface area (Å²) in [5.74, 6) is -0.652. The van der Waals surface area contributed by atoms with Crippen LogP contribution in [-0.4, -0.2) is 29.8 Å². The number of nitrogens with zero attached hydrogens (tertiary/aromatic N) is 2. The average Bonchev–Trinajstić information content (AvgIpc) is 3.00. The summed E-state index contributed by atoms with van der Waals surface area (Å²) in [7, 11) is 1.36. The van der Waals surface area contributed by atoms with E-state index in [4.69, 9.17) is 4.74 Å². The molecule has 0 saturated carbocycles. The fourth-order valence-corrected chi connectivity index (χ4v) is 3.43. The first-order valence-corrected chi connectivity index (χ1v) is 9.66. The zero-order valence-corrected chi connectivity index (χ0v) is 17.9. The number of rotatable bonds is 5. The van der Waals surface area contributed by atoms with Gasteiger partial charge >= 0.3 is 5.97 Å². The molecular weight excluding hydrogens is 434 g/mol. The number of hydrogen-bond donors (Lipinski definition) is 1. The van der Waals surface area contributed by atoms with Gasteiger partial charge in [0, 0.05) is 32.7 Å². The molecule has 0 aliphatic rings. The average molecular weight is 454 g/mol. The minimum absolute atomic E-state index is 0.283. The van der Waals surface area contributed by atoms with Gasteiger partial charge in [-0.05, 0) is 62.4 Å². The van der Waals surface area contributed by atoms with Gasteiger partial charge in [0.05, 0.1) is 18.9 Å². The number of benzene rings is 2. The zero-order chi connectivity index (χ0) is 21.0. The molecule has 0 spiro atoms. The Hall–Kier alpha value is -3.19. The first kappa shape index (κ1) is 20.5. The summed E-state index contributed by atoms with van der Waals surface area (Å²) in [4.78, 5) is 23.8. The maximum absolute atomic E-state index is 12.2. The molecule has 3 rings (SSSR count). The number of ether oxygens (including phenoxy) is 1. The van der Waals surface area contributed by atoms with Gasteiger partial charge in [0.1, 0.15) is 0 Å². The van der Waals surface area contributed by atoms with E-state index in [-0.39, 0.29) is 11.9 Å². The summed E-state index contributed by atoms with van der Waals surface area (Å²) in [5, 5.41) is 4.09. The number of esters is 1. The fourth-order valence-electron chi connectivity index (χ4n) is 3.03. The number of hydrazone groups is 1. The van der Waals surface area contributed by atoms with Gasteiger partial charge in [0.2, 0.25) is 0 Å². The van der Waals surface area contributed by atoms with Crippen molar-refractivity contribution in [3.8, 4) is 5.69 Å². The second-order valence-corrected chi connectivity index (χ2v) is 7.33. The van der Waals surface area contributed by atoms with E-state index in [1.54, 1.807) is 36.5 Å². The molecule has 0 bridgehead atoms. The summed E-state index contributed by atoms with van der Waals surface area (Å²) in [5.41, 5.74) is 7.34. The molecule has 0 saturated heterocycles. The van der Waals surface area contributed by atoms with Crippen LogP contribution in [-0.2, 0) is 4.74 Å². The van der Waals surface area contributed by atoms with Crippen molar-refractivity contribution in [1.82, 2.24) is 9.99 Å². The van der Waals surface area contributed by atoms with Gasteiger partial charge in [-0.15, -0.1) is 0 Å². The Morgan fingerprint density at radius 1 is 1.07 bits per heavy atom. The Morgan fingerprint density at radius 3 is 2.45 bits per heavy atom. The highest BCUT2D eigenvalue weighted by atomic mass is 79.9. The first-order chi connectivity index (χ1) is 13.9. The molecule has 0 unspecified atom stereocenters. The predicted octanol–water partition coefficient (Wildman–Crippen LogP) is 4.41. The highest BCUT2D eigenvalue weighted by Crippen LogP contribution is 2.20. The van der Waals surface area contributed by atoms with E-state index in [0.29, 0.717) is 11.1 Å². The van der Waals surface area contributed by atoms with Crippen LogP contribution >= 0.6 is 15.9 Å². The van der Waals surface area contributed by atoms with Crippen molar-refractivity contribution in [1.29, 1.82) is 0 Å². The highest BCUT2D eigenvalue weighted by Gasteiger charge is 2.11. The van der Waals surface area contributed by atoms with Crippen LogP contribution in [0.25, 0.3) is 5.69 Å². The van der Waals surface area contributed by atoms with Gasteiger partial charge in [-0.1, -0.05) is 22.0 Å². The van der Waals surface area contributed by atoms with Gasteiger partial charge in [0.25, 0.3) is 5.91 Å². The molecule has 2 aromatic carbocycles. The number of carbonyl (C=O) groups is 2. The van der Waals surface area contributed by atoms with Crippen molar-refractivity contribution in [2.45, 2.75) is 13.8 Å². The van der Waals surface area contributed by atoms with Crippen LogP contribution < -0.4 is 5.43 Å². The molecule has 1 amide bonds. The Morgan fingerprint density at radius 2 is 1.79 bits per heavy atom. The Balaban J connectivity index is 1.78. The highest BCUT2D eigenvalue weighted by molar-refractivity contribution is 9.10. The Labute approximate surface area is 177 Å². The lowest BCUT2D eigenvalue weighted by Gasteiger charge is -2.10. The lowest BCUT2D eigenvalue weighted by molar-refractivity contribution is 0.0600. The third-order valence-corrected chi connectivity index (χ3v) is 4.97. The lowest BCUT2D eigenvalue weighted by atomic mass is 10.2. The molecule has 0 radical (unpaired) electrons. The van der Waals surface area contributed by atoms with Gasteiger partial charge in [0.15, 0.2) is 0 Å². The number of halogens is 1. The minimum atomic E-state index is -0.369. The molecule has 0 atom stereocenters. The third-order valence-electron chi connectivity index (χ3n) is 4.47. The van der Waals surface area contributed by atoms with Gasteiger partial charge in [-0.2, -0.15) is 5.10 Å². The third kappa shape index (κ3) is 4.63. The minimum Gasteiger partial charge on any atom is -0.465 e. The summed E-state index contributed by atoms with van der Waals surface area (Å²) in [6.45, 7) is 3.96. The van der Waals surface area contributed by atoms with Crippen molar-refractivity contribution in [2.75, 3.05) is 7.11 Å². The molecule has 6 nitrogen and oxygen atoms in total. The van der Waals surface area contributed by atoms with E-state index in [1.807, 2.05) is 38.1 Å². The number of methoxy groups -OCH3 is 1. The van der Waals surface area contributed by atoms with E-state index in [0.717, 1.165) is 27.1 Å². The molecule has 0 aliphatic carbocycles. The molecular formula is C22H20BrN3O3. The summed E-state index contributed by atoms with van der Waals surface area (Å²) in [6.07, 6.45) is 1.62. The number of aromatic nitrogens is 1. The number of carbonyl (C=O) groups excluding carboxylic acids is 2. The fraction of sp³-hybridized carbons (Fsp3) is 0.136. The van der Waals surface area contributed by atoms with Crippen LogP contribution in [0.15, 0.2) is 64.2 Å². The van der Waals surface area contributed by atoms with Crippen LogP contribution in [0.1, 0.15) is 37.7 Å². The Kier molecular flexibility index (Phi) is 6.29. The van der Waals surface area contributed by atoms with Crippen LogP contribution in [0, 0.1) is 13.8 Å². The molecule has 1 aromatic heterocycles. The molecule has 1 N–H and O–H groups in total. The maximum Gasteiger partial charge on any atom is 0.337 e. The first-order valence-electron chi connectivity index (χ1n) is 8.87. The molecule has 7 heteroatoms. The second-order valence-electron chi connectivity index (χ2n) is 6.41. The van der Waals surface area contributed by atoms with Gasteiger partial charge in [-0.25, -0.2) is 10.2 Å². The molecule has 148 valence electrons. The molecule has 1 heterocycles. The van der Waals surface area contributed by atoms with Crippen LogP contribution in [0.4, 0.5) is 0 Å². The zero-order valence-electron chi connectivity index (χ0n) is 16.3. The van der Waals surface area contributed by atoms with Crippen molar-refractivity contribution in [3.63, 3.8) is 0 Å². The Bertz CT molecular complexity index is 1090. The molecule has 0 aliphatic heterocycles. The van der Waals surface area contributed by atoms with Crippen molar-refractivity contribution >= 4 is 34.0 Å². The van der Waals surface area contributed by atoms with Crippen LogP contribution in [0.5, 0.6) is 0 Å². The largest absolute Gasteiger partial charge is 0.465 e. The molecule has 0 fully saturated rings. The van der Waals surface area contributed by atoms with E-state index in [2.05, 4.69) is 31.0 Å². The number of hydrogen-bond acceptors (Lipinski definition) is 4. The van der Waals surface area contributed by atoms with E-state index >= 15 is 0 Å². The van der Waals surface area contributed by atoms with Crippen molar-refractivity contribution < 1.29 is 14.3 Å². The normalized spacial score (nSPS) is 10.9. The van der Waals surface area contributed by atoms with Gasteiger partial charge < -0.3 is 9.30 Å². The van der Waals surface area contributed by atoms with Crippen LogP contribution in [0.2, 0.25) is 0 Å². The van der Waals surface area contributed by atoms with E-state index in [9.17, 15) is 9.59 Å². The van der Waals surface area contributed by atoms with E-state index < -0.39 is 0 Å². The van der Waals surface area contributed by atoms with Crippen molar-refractivity contribution in [3.05, 3.63) is 87.1 Å². The maximum atomic E-state index is 12.2. The number of aryl methyl sites for hydroxylation is 1. The van der Waals surface area contributed by atoms with E-state index in [1.165, 1.54) is 7.11 Å². The molecule has 3 aromatic rings. The standard InChI is InChI=1S/C22H20BrN3O3/c1-14-11-18(13-24-25-21(27)17-5-4-6-19(23)12-17)15(2)26(14)20-9-7-16(8-10-20)22(28)29-3/h4-13H,1-3H3,(H,25,27). The summed E-state index contributed by atoms with van der Waals surface area (Å²) in [6, 6.07) is 16.3. The predicted molar refractivity (Wildman–Crippen MR) is 116 cm³/mol. The second kappa shape index (κ2) is 8.87. The van der Waals surface area contributed by atoms with Gasteiger partial charge in [-0.3, -0.25) is 4.79 Å². The lowest BCUT2D eigenvalue weighted by Crippen LogP contribution is -2.17. The van der Waals surface area contributed by atoms with Crippen LogP contribution in [0.3, 0.4) is 0 Å². The van der Waals surface area contributed by atoms with Crippen molar-refractivity contribution in [2.24, 2.45) is 5.10 Å².